The Labute approximate surface area is 103 Å². The summed E-state index contributed by atoms with van der Waals surface area (Å²) in [7, 11) is 0. The van der Waals surface area contributed by atoms with Gasteiger partial charge < -0.3 is 10.2 Å². The molecular formula is C13H23N3O. The van der Waals surface area contributed by atoms with Gasteiger partial charge in [0.05, 0.1) is 12.8 Å². The first kappa shape index (κ1) is 12.6. The van der Waals surface area contributed by atoms with Crippen LogP contribution >= 0.6 is 0 Å². The van der Waals surface area contributed by atoms with E-state index in [4.69, 9.17) is 10.2 Å². The van der Waals surface area contributed by atoms with Crippen molar-refractivity contribution >= 4 is 0 Å². The van der Waals surface area contributed by atoms with Crippen molar-refractivity contribution in [2.24, 2.45) is 5.73 Å². The topological polar surface area (TPSA) is 45.6 Å². The lowest BCUT2D eigenvalue weighted by atomic mass is 10.2. The Balaban J connectivity index is 1.88. The summed E-state index contributed by atoms with van der Waals surface area (Å²) < 4.78 is 5.51. The normalized spacial score (nSPS) is 23.1. The first-order chi connectivity index (χ1) is 8.22. The van der Waals surface area contributed by atoms with E-state index in [2.05, 4.69) is 29.7 Å². The minimum Gasteiger partial charge on any atom is -0.468 e. The number of likely N-dealkylation sites (N-methyl/N-ethyl adjacent to an activating group) is 1. The van der Waals surface area contributed by atoms with Crippen LogP contribution in [0.2, 0.25) is 0 Å². The molecule has 96 valence electrons. The number of nitrogens with two attached hydrogens (primary N) is 1. The maximum absolute atomic E-state index is 5.57. The zero-order chi connectivity index (χ0) is 12.3. The Morgan fingerprint density at radius 3 is 2.88 bits per heavy atom. The number of furan rings is 1. The molecule has 2 heterocycles. The van der Waals surface area contributed by atoms with Crippen LogP contribution in [0.3, 0.4) is 0 Å². The van der Waals surface area contributed by atoms with Crippen LogP contribution in [0, 0.1) is 0 Å². The van der Waals surface area contributed by atoms with Gasteiger partial charge in [-0.3, -0.25) is 9.80 Å². The van der Waals surface area contributed by atoms with E-state index in [9.17, 15) is 0 Å². The van der Waals surface area contributed by atoms with Crippen LogP contribution in [0.4, 0.5) is 0 Å². The molecule has 1 saturated heterocycles. The molecule has 0 radical (unpaired) electrons. The molecule has 0 saturated carbocycles. The predicted molar refractivity (Wildman–Crippen MR) is 68.6 cm³/mol. The predicted octanol–water partition coefficient (Wildman–Crippen LogP) is 1.26. The Hall–Kier alpha value is -0.840. The number of hydrogen-bond acceptors (Lipinski definition) is 4. The quantitative estimate of drug-likeness (QED) is 0.856. The Bertz CT molecular complexity index is 350. The first-order valence-electron chi connectivity index (χ1n) is 6.45. The lowest BCUT2D eigenvalue weighted by Crippen LogP contribution is -2.51. The Morgan fingerprint density at radius 1 is 1.47 bits per heavy atom. The summed E-state index contributed by atoms with van der Waals surface area (Å²) in [6.45, 7) is 10.5. The van der Waals surface area contributed by atoms with Crippen molar-refractivity contribution < 1.29 is 4.42 Å². The molecule has 0 aromatic carbocycles. The van der Waals surface area contributed by atoms with Gasteiger partial charge in [-0.1, -0.05) is 6.92 Å². The van der Waals surface area contributed by atoms with E-state index in [1.54, 1.807) is 6.26 Å². The molecule has 1 aromatic rings. The first-order valence-corrected chi connectivity index (χ1v) is 6.45. The molecule has 0 bridgehead atoms. The summed E-state index contributed by atoms with van der Waals surface area (Å²) in [5.41, 5.74) is 6.66. The summed E-state index contributed by atoms with van der Waals surface area (Å²) in [4.78, 5) is 4.97. The Morgan fingerprint density at radius 2 is 2.29 bits per heavy atom. The fourth-order valence-corrected chi connectivity index (χ4v) is 2.52. The van der Waals surface area contributed by atoms with E-state index < -0.39 is 0 Å². The highest BCUT2D eigenvalue weighted by atomic mass is 16.3. The molecule has 1 aromatic heterocycles. The number of piperazine rings is 1. The number of hydrogen-bond donors (Lipinski definition) is 1. The van der Waals surface area contributed by atoms with Gasteiger partial charge in [0.15, 0.2) is 0 Å². The van der Waals surface area contributed by atoms with Gasteiger partial charge in [-0.25, -0.2) is 0 Å². The van der Waals surface area contributed by atoms with E-state index >= 15 is 0 Å². The van der Waals surface area contributed by atoms with E-state index in [0.29, 0.717) is 12.6 Å². The number of nitrogens with zero attached hydrogens (tertiary/aromatic N) is 2. The molecule has 0 aliphatic carbocycles. The van der Waals surface area contributed by atoms with E-state index in [1.165, 1.54) is 0 Å². The molecule has 1 fully saturated rings. The third kappa shape index (κ3) is 3.09. The smallest absolute Gasteiger partial charge is 0.118 e. The third-order valence-corrected chi connectivity index (χ3v) is 3.58. The van der Waals surface area contributed by atoms with Crippen molar-refractivity contribution in [1.82, 2.24) is 9.80 Å². The van der Waals surface area contributed by atoms with Gasteiger partial charge in [-0.2, -0.15) is 0 Å². The van der Waals surface area contributed by atoms with Crippen molar-refractivity contribution in [1.29, 1.82) is 0 Å². The molecule has 1 atom stereocenters. The molecule has 4 heteroatoms. The van der Waals surface area contributed by atoms with Gasteiger partial charge >= 0.3 is 0 Å². The fraction of sp³-hybridized carbons (Fsp3) is 0.692. The van der Waals surface area contributed by atoms with Crippen LogP contribution in [0.25, 0.3) is 0 Å². The molecule has 17 heavy (non-hydrogen) atoms. The maximum Gasteiger partial charge on any atom is 0.118 e. The molecule has 1 aliphatic heterocycles. The summed E-state index contributed by atoms with van der Waals surface area (Å²) >= 11 is 0. The van der Waals surface area contributed by atoms with Crippen molar-refractivity contribution in [3.63, 3.8) is 0 Å². The molecule has 0 spiro atoms. The van der Waals surface area contributed by atoms with Gasteiger partial charge in [0.2, 0.25) is 0 Å². The highest BCUT2D eigenvalue weighted by molar-refractivity contribution is 5.12. The van der Waals surface area contributed by atoms with Crippen molar-refractivity contribution in [3.8, 4) is 0 Å². The van der Waals surface area contributed by atoms with Gasteiger partial charge in [0.1, 0.15) is 5.76 Å². The monoisotopic (exact) mass is 237 g/mol. The average molecular weight is 237 g/mol. The largest absolute Gasteiger partial charge is 0.468 e. The molecule has 0 amide bonds. The SMILES string of the molecule is CCN1CCN(Cc2cc(CN)co2)CC1C. The number of rotatable bonds is 4. The average Bonchev–Trinajstić information content (AvgIpc) is 2.77. The summed E-state index contributed by atoms with van der Waals surface area (Å²) in [6, 6.07) is 2.70. The molecule has 2 rings (SSSR count). The fourth-order valence-electron chi connectivity index (χ4n) is 2.52. The highest BCUT2D eigenvalue weighted by Crippen LogP contribution is 2.14. The maximum atomic E-state index is 5.57. The second-order valence-electron chi connectivity index (χ2n) is 4.84. The van der Waals surface area contributed by atoms with Crippen molar-refractivity contribution in [2.75, 3.05) is 26.2 Å². The molecule has 2 N–H and O–H groups in total. The summed E-state index contributed by atoms with van der Waals surface area (Å²) in [6.07, 6.45) is 1.76. The van der Waals surface area contributed by atoms with E-state index in [0.717, 1.165) is 44.0 Å². The van der Waals surface area contributed by atoms with Crippen LogP contribution in [0.5, 0.6) is 0 Å². The minimum atomic E-state index is 0.559. The zero-order valence-corrected chi connectivity index (χ0v) is 10.9. The van der Waals surface area contributed by atoms with E-state index in [1.807, 2.05) is 0 Å². The van der Waals surface area contributed by atoms with Crippen LogP contribution in [-0.4, -0.2) is 42.0 Å². The summed E-state index contributed by atoms with van der Waals surface area (Å²) in [5.74, 6) is 1.03. The third-order valence-electron chi connectivity index (χ3n) is 3.58. The van der Waals surface area contributed by atoms with Gasteiger partial charge in [-0.15, -0.1) is 0 Å². The van der Waals surface area contributed by atoms with Gasteiger partial charge in [0.25, 0.3) is 0 Å². The van der Waals surface area contributed by atoms with E-state index in [-0.39, 0.29) is 0 Å². The highest BCUT2D eigenvalue weighted by Gasteiger charge is 2.22. The van der Waals surface area contributed by atoms with Crippen LogP contribution in [0.15, 0.2) is 16.7 Å². The van der Waals surface area contributed by atoms with Gasteiger partial charge in [-0.05, 0) is 19.5 Å². The van der Waals surface area contributed by atoms with Crippen molar-refractivity contribution in [3.05, 3.63) is 23.7 Å². The lowest BCUT2D eigenvalue weighted by molar-refractivity contribution is 0.0790. The summed E-state index contributed by atoms with van der Waals surface area (Å²) in [5, 5.41) is 0. The molecular weight excluding hydrogens is 214 g/mol. The molecule has 4 nitrogen and oxygen atoms in total. The molecule has 1 aliphatic rings. The molecule has 1 unspecified atom stereocenters. The minimum absolute atomic E-state index is 0.559. The van der Waals surface area contributed by atoms with Crippen molar-refractivity contribution in [2.45, 2.75) is 33.0 Å². The standard InChI is InChI=1S/C13H23N3O/c1-3-16-5-4-15(8-11(16)2)9-13-6-12(7-14)10-17-13/h6,10-11H,3-5,7-9,14H2,1-2H3. The second-order valence-corrected chi connectivity index (χ2v) is 4.84. The lowest BCUT2D eigenvalue weighted by Gasteiger charge is -2.38. The Kier molecular flexibility index (Phi) is 4.20. The second kappa shape index (κ2) is 5.67. The zero-order valence-electron chi connectivity index (χ0n) is 10.9. The van der Waals surface area contributed by atoms with Gasteiger partial charge in [0, 0.05) is 37.8 Å². The van der Waals surface area contributed by atoms with Crippen LogP contribution in [0.1, 0.15) is 25.2 Å². The van der Waals surface area contributed by atoms with Crippen LogP contribution in [-0.2, 0) is 13.1 Å². The van der Waals surface area contributed by atoms with Crippen LogP contribution < -0.4 is 5.73 Å².